The number of halogens is 2. The zero-order valence-corrected chi connectivity index (χ0v) is 27.6. The maximum Gasteiger partial charge on any atom is 0.335 e. The summed E-state index contributed by atoms with van der Waals surface area (Å²) in [6, 6.07) is 5.83. The molecule has 1 aromatic carbocycles. The van der Waals surface area contributed by atoms with Crippen LogP contribution < -0.4 is 5.32 Å². The van der Waals surface area contributed by atoms with Gasteiger partial charge in [-0.2, -0.15) is 5.10 Å². The normalized spacial score (nSPS) is 21.4. The number of aromatic nitrogens is 2. The van der Waals surface area contributed by atoms with Gasteiger partial charge in [-0.15, -0.1) is 24.8 Å². The van der Waals surface area contributed by atoms with Gasteiger partial charge < -0.3 is 20.4 Å². The lowest BCUT2D eigenvalue weighted by Crippen LogP contribution is -2.75. The van der Waals surface area contributed by atoms with Crippen LogP contribution in [0.5, 0.6) is 0 Å². The summed E-state index contributed by atoms with van der Waals surface area (Å²) in [5.41, 5.74) is 3.16. The number of nitrogens with one attached hydrogen (secondary N) is 1. The summed E-state index contributed by atoms with van der Waals surface area (Å²) in [6.45, 7) is 8.62. The first kappa shape index (κ1) is 35.8. The number of nitrogens with zero attached hydrogens (tertiary/aromatic N) is 4. The molecule has 0 radical (unpaired) electrons. The summed E-state index contributed by atoms with van der Waals surface area (Å²) >= 11 is 0. The number of carbonyl (C=O) groups excluding carboxylic acids is 2. The molecule has 1 aromatic heterocycles. The highest BCUT2D eigenvalue weighted by Gasteiger charge is 2.55. The van der Waals surface area contributed by atoms with Crippen molar-refractivity contribution in [1.82, 2.24) is 24.9 Å². The molecule has 2 atom stereocenters. The maximum atomic E-state index is 13.9. The van der Waals surface area contributed by atoms with Gasteiger partial charge in [0, 0.05) is 37.4 Å². The molecule has 3 fully saturated rings. The molecular weight excluding hydrogens is 605 g/mol. The van der Waals surface area contributed by atoms with Crippen molar-refractivity contribution in [2.45, 2.75) is 103 Å². The molecule has 0 bridgehead atoms. The highest BCUT2D eigenvalue weighted by Crippen LogP contribution is 2.37. The summed E-state index contributed by atoms with van der Waals surface area (Å²) in [5, 5.41) is 28.1. The van der Waals surface area contributed by atoms with Crippen LogP contribution >= 0.6 is 24.8 Å². The van der Waals surface area contributed by atoms with Crippen LogP contribution in [-0.2, 0) is 16.1 Å². The van der Waals surface area contributed by atoms with E-state index in [9.17, 15) is 24.6 Å². The van der Waals surface area contributed by atoms with Gasteiger partial charge in [-0.05, 0) is 76.1 Å². The van der Waals surface area contributed by atoms with Gasteiger partial charge in [0.25, 0.3) is 0 Å². The molecule has 2 aliphatic heterocycles. The Morgan fingerprint density at radius 2 is 1.70 bits per heavy atom. The number of unbranched alkanes of at least 4 members (excludes halogenated alkanes) is 1. The fraction of sp³-hybridized carbons (Fsp3) is 0.625. The second kappa shape index (κ2) is 15.1. The molecule has 10 nitrogen and oxygen atoms in total. The molecule has 0 unspecified atom stereocenters. The summed E-state index contributed by atoms with van der Waals surface area (Å²) in [4.78, 5) is 43.1. The number of aliphatic hydroxyl groups excluding tert-OH is 1. The quantitative estimate of drug-likeness (QED) is 0.366. The molecule has 5 rings (SSSR count). The number of likely N-dealkylation sites (tertiary alicyclic amines) is 1. The molecule has 3 aliphatic rings. The summed E-state index contributed by atoms with van der Waals surface area (Å²) in [5.74, 6) is -1.16. The van der Waals surface area contributed by atoms with Crippen LogP contribution in [0.2, 0.25) is 0 Å². The summed E-state index contributed by atoms with van der Waals surface area (Å²) < 4.78 is 1.85. The number of benzene rings is 1. The van der Waals surface area contributed by atoms with E-state index in [1.165, 1.54) is 0 Å². The van der Waals surface area contributed by atoms with Crippen LogP contribution in [0.25, 0.3) is 5.69 Å². The van der Waals surface area contributed by atoms with Crippen LogP contribution in [0.1, 0.15) is 92.0 Å². The van der Waals surface area contributed by atoms with Crippen LogP contribution in [0.3, 0.4) is 0 Å². The van der Waals surface area contributed by atoms with Gasteiger partial charge in [-0.3, -0.25) is 14.5 Å². The number of aliphatic hydroxyl groups is 1. The third-order valence-corrected chi connectivity index (χ3v) is 9.83. The zero-order chi connectivity index (χ0) is 30.0. The molecule has 2 amide bonds. The smallest absolute Gasteiger partial charge is 0.335 e. The van der Waals surface area contributed by atoms with E-state index in [2.05, 4.69) is 17.1 Å². The number of aryl methyl sites for hydroxylation is 1. The Labute approximate surface area is 272 Å². The average Bonchev–Trinajstić information content (AvgIpc) is 3.28. The molecule has 44 heavy (non-hydrogen) atoms. The highest BCUT2D eigenvalue weighted by atomic mass is 35.5. The number of amides is 2. The van der Waals surface area contributed by atoms with E-state index in [0.717, 1.165) is 67.6 Å². The predicted molar refractivity (Wildman–Crippen MR) is 173 cm³/mol. The molecule has 1 aliphatic carbocycles. The van der Waals surface area contributed by atoms with Gasteiger partial charge in [0.05, 0.1) is 23.0 Å². The lowest BCUT2D eigenvalue weighted by atomic mass is 9.78. The number of hydrogen-bond acceptors (Lipinski definition) is 6. The molecule has 3 heterocycles. The fourth-order valence-electron chi connectivity index (χ4n) is 7.16. The molecule has 12 heteroatoms. The number of hydrogen-bond donors (Lipinski definition) is 3. The minimum atomic E-state index is -0.962. The third kappa shape index (κ3) is 6.93. The fourth-order valence-corrected chi connectivity index (χ4v) is 7.16. The first-order chi connectivity index (χ1) is 20.2. The van der Waals surface area contributed by atoms with E-state index in [4.69, 9.17) is 5.10 Å². The topological polar surface area (TPSA) is 128 Å². The number of rotatable bonds is 9. The minimum Gasteiger partial charge on any atom is -0.478 e. The van der Waals surface area contributed by atoms with Crippen LogP contribution in [-0.4, -0.2) is 84.9 Å². The van der Waals surface area contributed by atoms with Crippen molar-refractivity contribution < 1.29 is 24.6 Å². The van der Waals surface area contributed by atoms with Gasteiger partial charge >= 0.3 is 5.97 Å². The highest BCUT2D eigenvalue weighted by molar-refractivity contribution is 6.00. The molecule has 2 aromatic rings. The van der Waals surface area contributed by atoms with E-state index in [1.54, 1.807) is 24.3 Å². The van der Waals surface area contributed by atoms with Crippen molar-refractivity contribution in [1.29, 1.82) is 0 Å². The monoisotopic (exact) mass is 651 g/mol. The van der Waals surface area contributed by atoms with E-state index in [-0.39, 0.29) is 48.1 Å². The minimum absolute atomic E-state index is 0. The second-order valence-electron chi connectivity index (χ2n) is 12.4. The van der Waals surface area contributed by atoms with Gasteiger partial charge in [0.2, 0.25) is 11.8 Å². The van der Waals surface area contributed by atoms with Gasteiger partial charge in [0.1, 0.15) is 11.6 Å². The van der Waals surface area contributed by atoms with Crippen LogP contribution in [0, 0.1) is 19.8 Å². The van der Waals surface area contributed by atoms with E-state index in [1.807, 2.05) is 23.4 Å². The number of piperidine rings is 1. The third-order valence-electron chi connectivity index (χ3n) is 9.83. The predicted octanol–water partition coefficient (Wildman–Crippen LogP) is 4.43. The van der Waals surface area contributed by atoms with Crippen molar-refractivity contribution in [3.8, 4) is 5.69 Å². The average molecular weight is 653 g/mol. The summed E-state index contributed by atoms with van der Waals surface area (Å²) in [7, 11) is 0. The Bertz CT molecular complexity index is 1300. The molecule has 1 saturated carbocycles. The van der Waals surface area contributed by atoms with Crippen molar-refractivity contribution in [2.24, 2.45) is 5.92 Å². The summed E-state index contributed by atoms with van der Waals surface area (Å²) in [6.07, 6.45) is 7.08. The van der Waals surface area contributed by atoms with E-state index >= 15 is 0 Å². The molecular formula is C32H47Cl2N5O5. The Balaban J connectivity index is 0.00000264. The molecule has 244 valence electrons. The van der Waals surface area contributed by atoms with Gasteiger partial charge in [0.15, 0.2) is 0 Å². The van der Waals surface area contributed by atoms with Crippen LogP contribution in [0.15, 0.2) is 24.3 Å². The first-order valence-electron chi connectivity index (χ1n) is 15.6. The maximum absolute atomic E-state index is 13.9. The van der Waals surface area contributed by atoms with Crippen molar-refractivity contribution in [3.63, 3.8) is 0 Å². The van der Waals surface area contributed by atoms with Crippen molar-refractivity contribution in [3.05, 3.63) is 46.8 Å². The molecule has 2 saturated heterocycles. The zero-order valence-electron chi connectivity index (χ0n) is 26.0. The SMILES string of the molecule is CCCCN1C(=O)[C@@H]([C@H](O)C2CCCCC2)NC(=O)C12CCN(Cc1c(C)nn(-c3ccc(C(=O)O)cc3)c1C)CC2.Cl.Cl. The molecule has 3 N–H and O–H groups in total. The second-order valence-corrected chi connectivity index (χ2v) is 12.4. The number of aromatic carboxylic acids is 1. The van der Waals surface area contributed by atoms with Crippen molar-refractivity contribution in [2.75, 3.05) is 19.6 Å². The van der Waals surface area contributed by atoms with Gasteiger partial charge in [-0.1, -0.05) is 32.6 Å². The standard InChI is InChI=1S/C32H45N5O5.2ClH/c1-4-5-17-36-29(39)27(28(38)23-9-7-6-8-10-23)33-31(42)32(36)15-18-35(19-16-32)20-26-21(2)34-37(22(26)3)25-13-11-24(12-14-25)30(40)41;;/h11-14,23,27-28,38H,4-10,15-20H2,1-3H3,(H,33,42)(H,40,41);2*1H/t27-,28-;;/m1../s1. The Kier molecular flexibility index (Phi) is 12.3. The Morgan fingerprint density at radius 1 is 1.07 bits per heavy atom. The number of carboxylic acids is 1. The largest absolute Gasteiger partial charge is 0.478 e. The Morgan fingerprint density at radius 3 is 2.30 bits per heavy atom. The number of carbonyl (C=O) groups is 3. The van der Waals surface area contributed by atoms with E-state index in [0.29, 0.717) is 39.0 Å². The first-order valence-corrected chi connectivity index (χ1v) is 15.6. The molecule has 1 spiro atoms. The lowest BCUT2D eigenvalue weighted by molar-refractivity contribution is -0.166. The number of piperazine rings is 1. The number of carboxylic acid groups (broad SMARTS) is 1. The lowest BCUT2D eigenvalue weighted by Gasteiger charge is -2.52. The van der Waals surface area contributed by atoms with Gasteiger partial charge in [-0.25, -0.2) is 9.48 Å². The van der Waals surface area contributed by atoms with Crippen molar-refractivity contribution >= 4 is 42.6 Å². The van der Waals surface area contributed by atoms with E-state index < -0.39 is 23.7 Å². The van der Waals surface area contributed by atoms with Crippen LogP contribution in [0.4, 0.5) is 0 Å². The Hall–Kier alpha value is -2.66.